The lowest BCUT2D eigenvalue weighted by atomic mass is 9.68. The van der Waals surface area contributed by atoms with Gasteiger partial charge in [-0.05, 0) is 44.0 Å². The van der Waals surface area contributed by atoms with Crippen LogP contribution in [0.1, 0.15) is 50.2 Å². The molecular formula is C28H30N2O7. The molecule has 3 unspecified atom stereocenters. The largest absolute Gasteiger partial charge is 0.493 e. The summed E-state index contributed by atoms with van der Waals surface area (Å²) < 4.78 is 16.3. The number of ketones is 1. The van der Waals surface area contributed by atoms with E-state index in [-0.39, 0.29) is 29.9 Å². The number of carbonyl (C=O) groups excluding carboxylic acids is 2. The number of fused-ring (bicyclic) bond motifs is 1. The summed E-state index contributed by atoms with van der Waals surface area (Å²) in [6.45, 7) is 5.25. The average Bonchev–Trinajstić information content (AvgIpc) is 2.86. The Hall–Kier alpha value is -4.14. The van der Waals surface area contributed by atoms with Gasteiger partial charge in [0.15, 0.2) is 11.5 Å². The van der Waals surface area contributed by atoms with Crippen molar-refractivity contribution in [2.24, 2.45) is 5.92 Å². The first-order chi connectivity index (χ1) is 17.6. The Morgan fingerprint density at radius 3 is 2.43 bits per heavy atom. The van der Waals surface area contributed by atoms with Crippen LogP contribution < -0.4 is 14.8 Å². The molecule has 0 spiro atoms. The number of ether oxygens (including phenoxy) is 3. The van der Waals surface area contributed by atoms with E-state index in [1.807, 2.05) is 18.2 Å². The Kier molecular flexibility index (Phi) is 7.33. The summed E-state index contributed by atoms with van der Waals surface area (Å²) in [4.78, 5) is 38.0. The summed E-state index contributed by atoms with van der Waals surface area (Å²) >= 11 is 0. The number of benzene rings is 2. The zero-order chi connectivity index (χ0) is 26.9. The number of nitro groups is 1. The van der Waals surface area contributed by atoms with Gasteiger partial charge >= 0.3 is 5.97 Å². The third-order valence-electron chi connectivity index (χ3n) is 6.70. The highest BCUT2D eigenvalue weighted by Gasteiger charge is 2.45. The second kappa shape index (κ2) is 10.5. The predicted octanol–water partition coefficient (Wildman–Crippen LogP) is 4.78. The Labute approximate surface area is 215 Å². The molecule has 1 aliphatic carbocycles. The number of rotatable bonds is 7. The minimum Gasteiger partial charge on any atom is -0.493 e. The van der Waals surface area contributed by atoms with E-state index in [2.05, 4.69) is 5.32 Å². The monoisotopic (exact) mass is 506 g/mol. The first-order valence-electron chi connectivity index (χ1n) is 12.0. The molecule has 9 nitrogen and oxygen atoms in total. The summed E-state index contributed by atoms with van der Waals surface area (Å²) in [7, 11) is 3.12. The van der Waals surface area contributed by atoms with Gasteiger partial charge in [0.2, 0.25) is 0 Å². The van der Waals surface area contributed by atoms with Crippen LogP contribution in [0.3, 0.4) is 0 Å². The molecule has 194 valence electrons. The molecule has 4 rings (SSSR count). The van der Waals surface area contributed by atoms with Crippen molar-refractivity contribution < 1.29 is 28.7 Å². The van der Waals surface area contributed by atoms with Gasteiger partial charge < -0.3 is 19.5 Å². The summed E-state index contributed by atoms with van der Waals surface area (Å²) in [5.41, 5.74) is 2.80. The fourth-order valence-electron chi connectivity index (χ4n) is 5.11. The number of Topliss-reactive ketones (excluding diaryl/α,β-unsaturated/α-hetero) is 1. The van der Waals surface area contributed by atoms with Gasteiger partial charge in [0, 0.05) is 41.8 Å². The third-order valence-corrected chi connectivity index (χ3v) is 6.70. The topological polar surface area (TPSA) is 117 Å². The summed E-state index contributed by atoms with van der Waals surface area (Å²) in [6, 6.07) is 11.6. The van der Waals surface area contributed by atoms with Crippen molar-refractivity contribution in [3.63, 3.8) is 0 Å². The Balaban J connectivity index is 1.83. The standard InChI is InChI=1S/C28H30N2O7/c1-15(2)37-28(32)25-16(3)29-21-12-19(17-9-10-23(35-4)24(14-17)36-5)13-22(31)27(21)26(25)18-7-6-8-20(11-18)30(33)34/h6-12,14-15,19,26-27,29H,13H2,1-5H3. The Morgan fingerprint density at radius 2 is 1.78 bits per heavy atom. The maximum absolute atomic E-state index is 13.7. The molecule has 2 aromatic rings. The molecule has 37 heavy (non-hydrogen) atoms. The molecule has 0 amide bonds. The van der Waals surface area contributed by atoms with Crippen LogP contribution in [0.4, 0.5) is 5.69 Å². The SMILES string of the molecule is COc1ccc(C2C=C3NC(C)=C(C(=O)OC(C)C)C(c4cccc([N+](=O)[O-])c4)C3C(=O)C2)cc1OC. The highest BCUT2D eigenvalue weighted by molar-refractivity contribution is 5.96. The lowest BCUT2D eigenvalue weighted by molar-refractivity contribution is -0.384. The molecule has 9 heteroatoms. The first kappa shape index (κ1) is 25.9. The Morgan fingerprint density at radius 1 is 1.05 bits per heavy atom. The van der Waals surface area contributed by atoms with E-state index in [1.165, 1.54) is 12.1 Å². The molecule has 1 heterocycles. The van der Waals surface area contributed by atoms with Crippen molar-refractivity contribution in [2.45, 2.75) is 45.1 Å². The highest BCUT2D eigenvalue weighted by atomic mass is 16.6. The van der Waals surface area contributed by atoms with Crippen LogP contribution in [0, 0.1) is 16.0 Å². The Bertz CT molecular complexity index is 1310. The van der Waals surface area contributed by atoms with Crippen LogP contribution >= 0.6 is 0 Å². The van der Waals surface area contributed by atoms with Gasteiger partial charge in [-0.3, -0.25) is 14.9 Å². The second-order valence-corrected chi connectivity index (χ2v) is 9.44. The number of hydrogen-bond acceptors (Lipinski definition) is 8. The van der Waals surface area contributed by atoms with Gasteiger partial charge in [-0.2, -0.15) is 0 Å². The number of esters is 1. The summed E-state index contributed by atoms with van der Waals surface area (Å²) in [5, 5.41) is 14.8. The number of nitrogens with one attached hydrogen (secondary N) is 1. The van der Waals surface area contributed by atoms with E-state index in [0.29, 0.717) is 34.0 Å². The van der Waals surface area contributed by atoms with Crippen molar-refractivity contribution >= 4 is 17.4 Å². The number of nitrogens with zero attached hydrogens (tertiary/aromatic N) is 1. The summed E-state index contributed by atoms with van der Waals surface area (Å²) in [6.07, 6.45) is 1.82. The maximum Gasteiger partial charge on any atom is 0.336 e. The number of methoxy groups -OCH3 is 2. The van der Waals surface area contributed by atoms with Crippen LogP contribution in [0.2, 0.25) is 0 Å². The van der Waals surface area contributed by atoms with Crippen molar-refractivity contribution in [1.82, 2.24) is 5.32 Å². The molecule has 0 saturated heterocycles. The van der Waals surface area contributed by atoms with Crippen LogP contribution in [0.5, 0.6) is 11.5 Å². The number of non-ortho nitro benzene ring substituents is 1. The minimum absolute atomic E-state index is 0.0800. The van der Waals surface area contributed by atoms with Crippen LogP contribution in [-0.4, -0.2) is 37.0 Å². The molecule has 0 saturated carbocycles. The van der Waals surface area contributed by atoms with E-state index >= 15 is 0 Å². The van der Waals surface area contributed by atoms with Gasteiger partial charge in [-0.25, -0.2) is 4.79 Å². The fourth-order valence-corrected chi connectivity index (χ4v) is 5.11. The van der Waals surface area contributed by atoms with Gasteiger partial charge in [-0.1, -0.05) is 24.3 Å². The van der Waals surface area contributed by atoms with Crippen molar-refractivity contribution in [3.8, 4) is 11.5 Å². The zero-order valence-electron chi connectivity index (χ0n) is 21.4. The molecular weight excluding hydrogens is 476 g/mol. The molecule has 0 bridgehead atoms. The van der Waals surface area contributed by atoms with Crippen molar-refractivity contribution in [2.75, 3.05) is 14.2 Å². The van der Waals surface area contributed by atoms with E-state index in [4.69, 9.17) is 14.2 Å². The van der Waals surface area contributed by atoms with Gasteiger partial charge in [0.05, 0.1) is 36.7 Å². The first-order valence-corrected chi connectivity index (χ1v) is 12.0. The molecule has 0 radical (unpaired) electrons. The zero-order valence-corrected chi connectivity index (χ0v) is 21.4. The number of carbonyl (C=O) groups is 2. The van der Waals surface area contributed by atoms with Crippen LogP contribution in [0.25, 0.3) is 0 Å². The van der Waals surface area contributed by atoms with E-state index in [1.54, 1.807) is 53.2 Å². The molecule has 1 aliphatic heterocycles. The third kappa shape index (κ3) is 5.07. The minimum atomic E-state index is -0.725. The highest BCUT2D eigenvalue weighted by Crippen LogP contribution is 2.47. The van der Waals surface area contributed by atoms with Crippen molar-refractivity contribution in [3.05, 3.63) is 86.7 Å². The molecule has 2 aliphatic rings. The summed E-state index contributed by atoms with van der Waals surface area (Å²) in [5.74, 6) is -1.14. The van der Waals surface area contributed by atoms with E-state index < -0.39 is 22.7 Å². The average molecular weight is 507 g/mol. The predicted molar refractivity (Wildman–Crippen MR) is 136 cm³/mol. The second-order valence-electron chi connectivity index (χ2n) is 9.44. The molecule has 3 atom stereocenters. The van der Waals surface area contributed by atoms with Crippen LogP contribution in [-0.2, 0) is 14.3 Å². The normalized spacial score (nSPS) is 21.1. The number of allylic oxidation sites excluding steroid dienone is 3. The quantitative estimate of drug-likeness (QED) is 0.324. The van der Waals surface area contributed by atoms with Gasteiger partial charge in [0.1, 0.15) is 5.78 Å². The molecule has 1 N–H and O–H groups in total. The lowest BCUT2D eigenvalue weighted by Crippen LogP contribution is -2.42. The fraction of sp³-hybridized carbons (Fsp3) is 0.357. The van der Waals surface area contributed by atoms with Gasteiger partial charge in [0.25, 0.3) is 5.69 Å². The molecule has 2 aromatic carbocycles. The van der Waals surface area contributed by atoms with Gasteiger partial charge in [-0.15, -0.1) is 0 Å². The van der Waals surface area contributed by atoms with E-state index in [9.17, 15) is 19.7 Å². The number of nitro benzene ring substituents is 1. The van der Waals surface area contributed by atoms with E-state index in [0.717, 1.165) is 5.56 Å². The maximum atomic E-state index is 13.7. The number of hydrogen-bond donors (Lipinski definition) is 1. The van der Waals surface area contributed by atoms with Crippen molar-refractivity contribution in [1.29, 1.82) is 0 Å². The molecule has 0 fully saturated rings. The lowest BCUT2D eigenvalue weighted by Gasteiger charge is -2.39. The van der Waals surface area contributed by atoms with Crippen LogP contribution in [0.15, 0.2) is 65.5 Å². The smallest absolute Gasteiger partial charge is 0.336 e. The molecule has 0 aromatic heterocycles.